The van der Waals surface area contributed by atoms with Crippen LogP contribution in [0.3, 0.4) is 0 Å². The van der Waals surface area contributed by atoms with Gasteiger partial charge in [-0.1, -0.05) is 0 Å². The van der Waals surface area contributed by atoms with E-state index in [2.05, 4.69) is 39.2 Å². The van der Waals surface area contributed by atoms with Crippen LogP contribution in [0.25, 0.3) is 0 Å². The summed E-state index contributed by atoms with van der Waals surface area (Å²) in [6.07, 6.45) is 3.75. The highest BCUT2D eigenvalue weighted by Crippen LogP contribution is 2.25. The van der Waals surface area contributed by atoms with Gasteiger partial charge in [0.1, 0.15) is 0 Å². The minimum Gasteiger partial charge on any atom is -0.314 e. The second-order valence-electron chi connectivity index (χ2n) is 4.83. The Kier molecular flexibility index (Phi) is 5.48. The predicted octanol–water partition coefficient (Wildman–Crippen LogP) is 2.41. The van der Waals surface area contributed by atoms with Gasteiger partial charge >= 0.3 is 0 Å². The SMILES string of the molecule is Cc1ncsc1CN1CCNCC1c1ccncc1.Cl. The third kappa shape index (κ3) is 3.35. The predicted molar refractivity (Wildman–Crippen MR) is 84.4 cm³/mol. The number of hydrogen-bond donors (Lipinski definition) is 1. The molecule has 4 nitrogen and oxygen atoms in total. The molecule has 2 aromatic rings. The Bertz CT molecular complexity index is 531. The summed E-state index contributed by atoms with van der Waals surface area (Å²) >= 11 is 1.75. The third-order valence-corrected chi connectivity index (χ3v) is 4.56. The van der Waals surface area contributed by atoms with Crippen LogP contribution in [0.15, 0.2) is 30.0 Å². The molecule has 1 saturated heterocycles. The van der Waals surface area contributed by atoms with Crippen LogP contribution < -0.4 is 5.32 Å². The van der Waals surface area contributed by atoms with Crippen LogP contribution in [0, 0.1) is 6.92 Å². The van der Waals surface area contributed by atoms with Crippen LogP contribution in [0.1, 0.15) is 22.2 Å². The number of pyridine rings is 1. The largest absolute Gasteiger partial charge is 0.314 e. The van der Waals surface area contributed by atoms with Gasteiger partial charge in [-0.15, -0.1) is 23.7 Å². The molecule has 20 heavy (non-hydrogen) atoms. The molecule has 3 heterocycles. The van der Waals surface area contributed by atoms with Crippen molar-refractivity contribution in [2.45, 2.75) is 19.5 Å². The van der Waals surface area contributed by atoms with Crippen molar-refractivity contribution in [2.75, 3.05) is 19.6 Å². The summed E-state index contributed by atoms with van der Waals surface area (Å²) in [7, 11) is 0. The average molecular weight is 311 g/mol. The normalized spacial score (nSPS) is 19.6. The number of halogens is 1. The molecule has 0 aromatic carbocycles. The van der Waals surface area contributed by atoms with Crippen molar-refractivity contribution >= 4 is 23.7 Å². The van der Waals surface area contributed by atoms with Crippen molar-refractivity contribution in [2.24, 2.45) is 0 Å². The van der Waals surface area contributed by atoms with Crippen LogP contribution in [0.5, 0.6) is 0 Å². The van der Waals surface area contributed by atoms with Crippen LogP contribution in [0.2, 0.25) is 0 Å². The Morgan fingerprint density at radius 3 is 2.90 bits per heavy atom. The van der Waals surface area contributed by atoms with Crippen LogP contribution >= 0.6 is 23.7 Å². The van der Waals surface area contributed by atoms with E-state index in [4.69, 9.17) is 0 Å². The molecule has 1 aliphatic heterocycles. The van der Waals surface area contributed by atoms with Gasteiger partial charge in [0, 0.05) is 49.5 Å². The zero-order valence-electron chi connectivity index (χ0n) is 11.5. The van der Waals surface area contributed by atoms with E-state index in [0.29, 0.717) is 6.04 Å². The Morgan fingerprint density at radius 2 is 2.20 bits per heavy atom. The first kappa shape index (κ1) is 15.4. The zero-order chi connectivity index (χ0) is 13.1. The van der Waals surface area contributed by atoms with Gasteiger partial charge < -0.3 is 5.32 Å². The van der Waals surface area contributed by atoms with Crippen molar-refractivity contribution < 1.29 is 0 Å². The van der Waals surface area contributed by atoms with Gasteiger partial charge in [-0.2, -0.15) is 0 Å². The van der Waals surface area contributed by atoms with Crippen molar-refractivity contribution in [1.29, 1.82) is 0 Å². The van der Waals surface area contributed by atoms with Gasteiger partial charge in [0.2, 0.25) is 0 Å². The van der Waals surface area contributed by atoms with E-state index in [1.807, 2.05) is 17.9 Å². The Labute approximate surface area is 129 Å². The molecule has 2 aromatic heterocycles. The van der Waals surface area contributed by atoms with Crippen molar-refractivity contribution in [3.05, 3.63) is 46.2 Å². The fourth-order valence-electron chi connectivity index (χ4n) is 2.51. The monoisotopic (exact) mass is 310 g/mol. The van der Waals surface area contributed by atoms with Crippen LogP contribution in [0.4, 0.5) is 0 Å². The maximum absolute atomic E-state index is 4.35. The highest BCUT2D eigenvalue weighted by molar-refractivity contribution is 7.09. The van der Waals surface area contributed by atoms with Crippen LogP contribution in [-0.4, -0.2) is 34.5 Å². The summed E-state index contributed by atoms with van der Waals surface area (Å²) in [4.78, 5) is 12.4. The van der Waals surface area contributed by atoms with Gasteiger partial charge in [0.25, 0.3) is 0 Å². The first-order valence-electron chi connectivity index (χ1n) is 6.58. The zero-order valence-corrected chi connectivity index (χ0v) is 13.1. The molecule has 1 unspecified atom stereocenters. The molecule has 0 saturated carbocycles. The molecule has 1 aliphatic rings. The second-order valence-corrected chi connectivity index (χ2v) is 5.77. The fraction of sp³-hybridized carbons (Fsp3) is 0.429. The topological polar surface area (TPSA) is 41.1 Å². The summed E-state index contributed by atoms with van der Waals surface area (Å²) in [5, 5.41) is 3.48. The standard InChI is InChI=1S/C14H18N4S.ClH/c1-11-14(19-10-17-11)9-18-7-6-16-8-13(18)12-2-4-15-5-3-12;/h2-5,10,13,16H,6-9H2,1H3;1H. The minimum atomic E-state index is 0. The number of nitrogens with one attached hydrogen (secondary N) is 1. The van der Waals surface area contributed by atoms with E-state index in [0.717, 1.165) is 31.9 Å². The lowest BCUT2D eigenvalue weighted by Crippen LogP contribution is -2.45. The Balaban J connectivity index is 0.00000147. The molecule has 0 bridgehead atoms. The first-order valence-corrected chi connectivity index (χ1v) is 7.46. The van der Waals surface area contributed by atoms with E-state index in [1.54, 1.807) is 11.3 Å². The highest BCUT2D eigenvalue weighted by Gasteiger charge is 2.24. The van der Waals surface area contributed by atoms with E-state index in [9.17, 15) is 0 Å². The number of rotatable bonds is 3. The van der Waals surface area contributed by atoms with Crippen molar-refractivity contribution in [1.82, 2.24) is 20.2 Å². The molecular formula is C14H19ClN4S. The van der Waals surface area contributed by atoms with Gasteiger partial charge in [-0.25, -0.2) is 4.98 Å². The van der Waals surface area contributed by atoms with E-state index >= 15 is 0 Å². The van der Waals surface area contributed by atoms with Gasteiger partial charge in [-0.05, 0) is 24.6 Å². The molecule has 3 rings (SSSR count). The van der Waals surface area contributed by atoms with E-state index < -0.39 is 0 Å². The molecule has 0 spiro atoms. The lowest BCUT2D eigenvalue weighted by Gasteiger charge is -2.36. The lowest BCUT2D eigenvalue weighted by atomic mass is 10.0. The van der Waals surface area contributed by atoms with Crippen molar-refractivity contribution in [3.63, 3.8) is 0 Å². The van der Waals surface area contributed by atoms with E-state index in [-0.39, 0.29) is 12.4 Å². The molecule has 0 aliphatic carbocycles. The average Bonchev–Trinajstić information content (AvgIpc) is 2.86. The maximum Gasteiger partial charge on any atom is 0.0798 e. The molecule has 6 heteroatoms. The third-order valence-electron chi connectivity index (χ3n) is 3.64. The lowest BCUT2D eigenvalue weighted by molar-refractivity contribution is 0.155. The molecule has 0 radical (unpaired) electrons. The number of nitrogens with zero attached hydrogens (tertiary/aromatic N) is 3. The second kappa shape index (κ2) is 7.13. The number of piperazine rings is 1. The molecule has 108 valence electrons. The summed E-state index contributed by atoms with van der Waals surface area (Å²) < 4.78 is 0. The first-order chi connectivity index (χ1) is 9.34. The molecule has 1 fully saturated rings. The highest BCUT2D eigenvalue weighted by atomic mass is 35.5. The molecule has 1 atom stereocenters. The summed E-state index contributed by atoms with van der Waals surface area (Å²) in [6, 6.07) is 4.66. The van der Waals surface area contributed by atoms with Crippen molar-refractivity contribution in [3.8, 4) is 0 Å². The number of aromatic nitrogens is 2. The quantitative estimate of drug-likeness (QED) is 0.945. The molecular weight excluding hydrogens is 292 g/mol. The summed E-state index contributed by atoms with van der Waals surface area (Å²) in [5.41, 5.74) is 4.44. The number of hydrogen-bond acceptors (Lipinski definition) is 5. The Hall–Kier alpha value is -1.01. The van der Waals surface area contributed by atoms with Gasteiger partial charge in [0.05, 0.1) is 11.2 Å². The number of aryl methyl sites for hydroxylation is 1. The molecule has 1 N–H and O–H groups in total. The van der Waals surface area contributed by atoms with Gasteiger partial charge in [-0.3, -0.25) is 9.88 Å². The summed E-state index contributed by atoms with van der Waals surface area (Å²) in [5.74, 6) is 0. The minimum absolute atomic E-state index is 0. The summed E-state index contributed by atoms with van der Waals surface area (Å²) in [6.45, 7) is 6.21. The van der Waals surface area contributed by atoms with Crippen LogP contribution in [-0.2, 0) is 6.54 Å². The maximum atomic E-state index is 4.35. The smallest absolute Gasteiger partial charge is 0.0798 e. The fourth-order valence-corrected chi connectivity index (χ4v) is 3.31. The number of thiazole rings is 1. The van der Waals surface area contributed by atoms with Gasteiger partial charge in [0.15, 0.2) is 0 Å². The molecule has 0 amide bonds. The van der Waals surface area contributed by atoms with E-state index in [1.165, 1.54) is 10.4 Å². The Morgan fingerprint density at radius 1 is 1.40 bits per heavy atom.